The van der Waals surface area contributed by atoms with E-state index >= 15 is 0 Å². The summed E-state index contributed by atoms with van der Waals surface area (Å²) in [6.45, 7) is 4.37. The number of rotatable bonds is 4. The molecule has 0 bridgehead atoms. The predicted octanol–water partition coefficient (Wildman–Crippen LogP) is 3.80. The van der Waals surface area contributed by atoms with E-state index in [0.717, 1.165) is 32.1 Å². The van der Waals surface area contributed by atoms with Crippen LogP contribution in [0.2, 0.25) is 0 Å². The molecule has 0 saturated carbocycles. The van der Waals surface area contributed by atoms with Gasteiger partial charge in [0.05, 0.1) is 0 Å². The number of Topliss-reactive ketones (excluding diaryl/α,β-unsaturated/α-hetero) is 1. The highest BCUT2D eigenvalue weighted by molar-refractivity contribution is 5.81. The minimum Gasteiger partial charge on any atom is -0.299 e. The molecule has 1 aromatic carbocycles. The fourth-order valence-corrected chi connectivity index (χ4v) is 2.61. The summed E-state index contributed by atoms with van der Waals surface area (Å²) in [6.07, 6.45) is 4.90. The van der Waals surface area contributed by atoms with Crippen LogP contribution >= 0.6 is 0 Å². The summed E-state index contributed by atoms with van der Waals surface area (Å²) >= 11 is 0. The third-order valence-electron chi connectivity index (χ3n) is 3.77. The lowest BCUT2D eigenvalue weighted by atomic mass is 9.80. The molecule has 1 unspecified atom stereocenters. The van der Waals surface area contributed by atoms with Gasteiger partial charge in [-0.2, -0.15) is 0 Å². The fourth-order valence-electron chi connectivity index (χ4n) is 2.61. The highest BCUT2D eigenvalue weighted by atomic mass is 16.1. The molecule has 0 aliphatic heterocycles. The molecular weight excluding hydrogens is 208 g/mol. The van der Waals surface area contributed by atoms with Gasteiger partial charge < -0.3 is 0 Å². The first-order valence-corrected chi connectivity index (χ1v) is 6.76. The number of ketones is 1. The van der Waals surface area contributed by atoms with Gasteiger partial charge in [-0.3, -0.25) is 4.79 Å². The van der Waals surface area contributed by atoms with Crippen LogP contribution in [-0.4, -0.2) is 5.78 Å². The van der Waals surface area contributed by atoms with E-state index in [0.29, 0.717) is 11.7 Å². The first-order chi connectivity index (χ1) is 8.16. The standard InChI is InChI=1S/C16H22O/c1-12(2)7-10-16(17)15-9-8-13-5-3-4-6-14(13)11-15/h3-6,12,15H,7-11H2,1-2H3. The Morgan fingerprint density at radius 1 is 1.29 bits per heavy atom. The van der Waals surface area contributed by atoms with Gasteiger partial charge >= 0.3 is 0 Å². The van der Waals surface area contributed by atoms with Crippen molar-refractivity contribution in [3.8, 4) is 0 Å². The van der Waals surface area contributed by atoms with Crippen LogP contribution in [0.15, 0.2) is 24.3 Å². The predicted molar refractivity (Wildman–Crippen MR) is 71.0 cm³/mol. The highest BCUT2D eigenvalue weighted by Gasteiger charge is 2.23. The normalized spacial score (nSPS) is 19.1. The molecule has 0 heterocycles. The number of hydrogen-bond donors (Lipinski definition) is 0. The van der Waals surface area contributed by atoms with Crippen LogP contribution in [0, 0.1) is 11.8 Å². The molecule has 2 rings (SSSR count). The van der Waals surface area contributed by atoms with Gasteiger partial charge in [-0.1, -0.05) is 38.1 Å². The monoisotopic (exact) mass is 230 g/mol. The number of benzene rings is 1. The molecular formula is C16H22O. The lowest BCUT2D eigenvalue weighted by Crippen LogP contribution is -2.22. The molecule has 92 valence electrons. The van der Waals surface area contributed by atoms with Crippen LogP contribution in [0.1, 0.15) is 44.2 Å². The minimum atomic E-state index is 0.281. The number of fused-ring (bicyclic) bond motifs is 1. The van der Waals surface area contributed by atoms with Crippen LogP contribution in [-0.2, 0) is 17.6 Å². The van der Waals surface area contributed by atoms with Crippen molar-refractivity contribution in [3.63, 3.8) is 0 Å². The second-order valence-corrected chi connectivity index (χ2v) is 5.61. The number of carbonyl (C=O) groups is 1. The van der Waals surface area contributed by atoms with Crippen molar-refractivity contribution < 1.29 is 4.79 Å². The quantitative estimate of drug-likeness (QED) is 0.769. The summed E-state index contributed by atoms with van der Waals surface area (Å²) in [4.78, 5) is 12.1. The second kappa shape index (κ2) is 5.48. The Hall–Kier alpha value is -1.11. The van der Waals surface area contributed by atoms with Crippen molar-refractivity contribution >= 4 is 5.78 Å². The molecule has 1 aliphatic carbocycles. The number of aryl methyl sites for hydroxylation is 1. The summed E-state index contributed by atoms with van der Waals surface area (Å²) in [6, 6.07) is 8.56. The summed E-state index contributed by atoms with van der Waals surface area (Å²) in [5.41, 5.74) is 2.84. The largest absolute Gasteiger partial charge is 0.299 e. The zero-order chi connectivity index (χ0) is 12.3. The molecule has 1 heteroatoms. The van der Waals surface area contributed by atoms with Crippen LogP contribution in [0.4, 0.5) is 0 Å². The molecule has 0 saturated heterocycles. The average Bonchev–Trinajstić information content (AvgIpc) is 2.35. The molecule has 0 N–H and O–H groups in total. The molecule has 1 aromatic rings. The van der Waals surface area contributed by atoms with Gasteiger partial charge in [0.15, 0.2) is 0 Å². The Bertz CT molecular complexity index is 392. The van der Waals surface area contributed by atoms with Crippen molar-refractivity contribution in [2.45, 2.75) is 46.0 Å². The minimum absolute atomic E-state index is 0.281. The topological polar surface area (TPSA) is 17.1 Å². The van der Waals surface area contributed by atoms with Gasteiger partial charge in [0.2, 0.25) is 0 Å². The Labute approximate surface area is 104 Å². The maximum absolute atomic E-state index is 12.1. The van der Waals surface area contributed by atoms with E-state index in [1.807, 2.05) is 0 Å². The molecule has 0 spiro atoms. The van der Waals surface area contributed by atoms with Crippen LogP contribution in [0.3, 0.4) is 0 Å². The fraction of sp³-hybridized carbons (Fsp3) is 0.562. The van der Waals surface area contributed by atoms with Crippen molar-refractivity contribution in [3.05, 3.63) is 35.4 Å². The highest BCUT2D eigenvalue weighted by Crippen LogP contribution is 2.27. The summed E-state index contributed by atoms with van der Waals surface area (Å²) < 4.78 is 0. The summed E-state index contributed by atoms with van der Waals surface area (Å²) in [7, 11) is 0. The molecule has 0 aromatic heterocycles. The van der Waals surface area contributed by atoms with Crippen LogP contribution in [0.5, 0.6) is 0 Å². The summed E-state index contributed by atoms with van der Waals surface area (Å²) in [5.74, 6) is 1.40. The smallest absolute Gasteiger partial charge is 0.136 e. The number of hydrogen-bond acceptors (Lipinski definition) is 1. The van der Waals surface area contributed by atoms with Gasteiger partial charge in [-0.25, -0.2) is 0 Å². The Kier molecular flexibility index (Phi) is 3.98. The van der Waals surface area contributed by atoms with Gasteiger partial charge in [0, 0.05) is 12.3 Å². The average molecular weight is 230 g/mol. The maximum Gasteiger partial charge on any atom is 0.136 e. The van der Waals surface area contributed by atoms with Crippen molar-refractivity contribution in [2.75, 3.05) is 0 Å². The summed E-state index contributed by atoms with van der Waals surface area (Å²) in [5, 5.41) is 0. The first-order valence-electron chi connectivity index (χ1n) is 6.76. The van der Waals surface area contributed by atoms with E-state index in [1.165, 1.54) is 11.1 Å². The Morgan fingerprint density at radius 3 is 2.71 bits per heavy atom. The van der Waals surface area contributed by atoms with E-state index in [4.69, 9.17) is 0 Å². The Morgan fingerprint density at radius 2 is 2.00 bits per heavy atom. The lowest BCUT2D eigenvalue weighted by Gasteiger charge is -2.23. The molecule has 0 fully saturated rings. The van der Waals surface area contributed by atoms with Gasteiger partial charge in [0.1, 0.15) is 5.78 Å². The molecule has 0 radical (unpaired) electrons. The molecule has 0 amide bonds. The first kappa shape index (κ1) is 12.3. The molecule has 1 aliphatic rings. The van der Waals surface area contributed by atoms with Crippen molar-refractivity contribution in [1.29, 1.82) is 0 Å². The van der Waals surface area contributed by atoms with E-state index < -0.39 is 0 Å². The maximum atomic E-state index is 12.1. The van der Waals surface area contributed by atoms with Crippen LogP contribution in [0.25, 0.3) is 0 Å². The molecule has 1 nitrogen and oxygen atoms in total. The van der Waals surface area contributed by atoms with Crippen molar-refractivity contribution in [1.82, 2.24) is 0 Å². The van der Waals surface area contributed by atoms with Gasteiger partial charge in [-0.15, -0.1) is 0 Å². The zero-order valence-electron chi connectivity index (χ0n) is 10.9. The number of carbonyl (C=O) groups excluding carboxylic acids is 1. The van der Waals surface area contributed by atoms with E-state index in [1.54, 1.807) is 0 Å². The van der Waals surface area contributed by atoms with Gasteiger partial charge in [0.25, 0.3) is 0 Å². The molecule has 1 atom stereocenters. The van der Waals surface area contributed by atoms with E-state index in [-0.39, 0.29) is 5.92 Å². The Balaban J connectivity index is 1.95. The molecule has 17 heavy (non-hydrogen) atoms. The van der Waals surface area contributed by atoms with Crippen LogP contribution < -0.4 is 0 Å². The van der Waals surface area contributed by atoms with Crippen molar-refractivity contribution in [2.24, 2.45) is 11.8 Å². The SMILES string of the molecule is CC(C)CCC(=O)C1CCc2ccccc2C1. The van der Waals surface area contributed by atoms with Gasteiger partial charge in [-0.05, 0) is 42.7 Å². The second-order valence-electron chi connectivity index (χ2n) is 5.61. The lowest BCUT2D eigenvalue weighted by molar-refractivity contribution is -0.123. The third-order valence-corrected chi connectivity index (χ3v) is 3.77. The van der Waals surface area contributed by atoms with E-state index in [9.17, 15) is 4.79 Å². The van der Waals surface area contributed by atoms with E-state index in [2.05, 4.69) is 38.1 Å². The third kappa shape index (κ3) is 3.18. The zero-order valence-corrected chi connectivity index (χ0v) is 10.9.